The largest absolute Gasteiger partial charge is 0.490 e. The van der Waals surface area contributed by atoms with E-state index >= 15 is 0 Å². The highest BCUT2D eigenvalue weighted by Gasteiger charge is 2.21. The van der Waals surface area contributed by atoms with Crippen molar-refractivity contribution in [3.63, 3.8) is 0 Å². The van der Waals surface area contributed by atoms with Crippen LogP contribution in [0.5, 0.6) is 17.2 Å². The molecule has 0 spiro atoms. The molecular weight excluding hydrogens is 364 g/mol. The molecule has 2 aromatic rings. The average Bonchev–Trinajstić information content (AvgIpc) is 2.65. The molecule has 0 fully saturated rings. The van der Waals surface area contributed by atoms with Crippen molar-refractivity contribution in [3.8, 4) is 17.2 Å². The third-order valence-corrected chi connectivity index (χ3v) is 3.77. The van der Waals surface area contributed by atoms with Crippen LogP contribution in [-0.4, -0.2) is 30.7 Å². The van der Waals surface area contributed by atoms with Crippen molar-refractivity contribution in [2.24, 2.45) is 0 Å². The van der Waals surface area contributed by atoms with Gasteiger partial charge >= 0.3 is 0 Å². The van der Waals surface area contributed by atoms with Gasteiger partial charge in [0, 0.05) is 11.6 Å². The Labute approximate surface area is 163 Å². The smallest absolute Gasteiger partial charge is 0.293 e. The standard InChI is InChI=1S/C20H24N2O6/c1-5-26-17-11-14(12-18(27-6-2)19(17)28-7-3)20(23)21-15-9-8-13(4)10-16(15)22(24)25/h8-12H,5-7H2,1-4H3,(H,21,23). The summed E-state index contributed by atoms with van der Waals surface area (Å²) < 4.78 is 16.8. The van der Waals surface area contributed by atoms with Crippen molar-refractivity contribution in [2.45, 2.75) is 27.7 Å². The van der Waals surface area contributed by atoms with Gasteiger partial charge in [-0.1, -0.05) is 6.07 Å². The maximum Gasteiger partial charge on any atom is 0.293 e. The summed E-state index contributed by atoms with van der Waals surface area (Å²) >= 11 is 0. The van der Waals surface area contributed by atoms with Crippen LogP contribution in [0.1, 0.15) is 36.7 Å². The zero-order chi connectivity index (χ0) is 20.7. The van der Waals surface area contributed by atoms with Gasteiger partial charge in [0.05, 0.1) is 24.7 Å². The number of carbonyl (C=O) groups excluding carboxylic acids is 1. The Morgan fingerprint density at radius 1 is 1.00 bits per heavy atom. The van der Waals surface area contributed by atoms with Crippen molar-refractivity contribution < 1.29 is 23.9 Å². The molecule has 0 saturated heterocycles. The van der Waals surface area contributed by atoms with E-state index in [4.69, 9.17) is 14.2 Å². The van der Waals surface area contributed by atoms with Gasteiger partial charge in [-0.05, 0) is 51.5 Å². The molecule has 0 unspecified atom stereocenters. The molecule has 2 rings (SSSR count). The van der Waals surface area contributed by atoms with Crippen LogP contribution in [0.3, 0.4) is 0 Å². The molecule has 8 nitrogen and oxygen atoms in total. The number of nitrogens with zero attached hydrogens (tertiary/aromatic N) is 1. The molecule has 150 valence electrons. The van der Waals surface area contributed by atoms with E-state index in [-0.39, 0.29) is 16.9 Å². The first-order chi connectivity index (χ1) is 13.4. The summed E-state index contributed by atoms with van der Waals surface area (Å²) in [5.74, 6) is 0.652. The molecule has 28 heavy (non-hydrogen) atoms. The summed E-state index contributed by atoms with van der Waals surface area (Å²) in [6.45, 7) is 8.37. The van der Waals surface area contributed by atoms with Crippen molar-refractivity contribution >= 4 is 17.3 Å². The number of hydrogen-bond acceptors (Lipinski definition) is 6. The Balaban J connectivity index is 2.44. The van der Waals surface area contributed by atoms with Crippen molar-refractivity contribution in [1.29, 1.82) is 0 Å². The van der Waals surface area contributed by atoms with Crippen LogP contribution in [0.25, 0.3) is 0 Å². The lowest BCUT2D eigenvalue weighted by molar-refractivity contribution is -0.384. The predicted molar refractivity (Wildman–Crippen MR) is 106 cm³/mol. The highest BCUT2D eigenvalue weighted by atomic mass is 16.6. The molecule has 0 aromatic heterocycles. The van der Waals surface area contributed by atoms with Gasteiger partial charge in [0.15, 0.2) is 11.5 Å². The van der Waals surface area contributed by atoms with E-state index in [2.05, 4.69) is 5.32 Å². The fourth-order valence-electron chi connectivity index (χ4n) is 2.61. The van der Waals surface area contributed by atoms with E-state index in [1.54, 1.807) is 13.0 Å². The van der Waals surface area contributed by atoms with Gasteiger partial charge in [0.2, 0.25) is 5.75 Å². The SMILES string of the molecule is CCOc1cc(C(=O)Nc2ccc(C)cc2[N+](=O)[O-])cc(OCC)c1OCC. The summed E-state index contributed by atoms with van der Waals surface area (Å²) in [7, 11) is 0. The van der Waals surface area contributed by atoms with E-state index in [1.165, 1.54) is 24.3 Å². The van der Waals surface area contributed by atoms with Gasteiger partial charge in [0.1, 0.15) is 5.69 Å². The number of nitrogens with one attached hydrogen (secondary N) is 1. The first-order valence-corrected chi connectivity index (χ1v) is 9.04. The van der Waals surface area contributed by atoms with Crippen LogP contribution in [0.15, 0.2) is 30.3 Å². The lowest BCUT2D eigenvalue weighted by atomic mass is 10.1. The number of hydrogen-bond donors (Lipinski definition) is 1. The van der Waals surface area contributed by atoms with Crippen LogP contribution >= 0.6 is 0 Å². The zero-order valence-corrected chi connectivity index (χ0v) is 16.4. The second kappa shape index (κ2) is 9.59. The van der Waals surface area contributed by atoms with Crippen LogP contribution < -0.4 is 19.5 Å². The van der Waals surface area contributed by atoms with E-state index in [0.717, 1.165) is 5.56 Å². The summed E-state index contributed by atoms with van der Waals surface area (Å²) in [4.78, 5) is 23.5. The second-order valence-electron chi connectivity index (χ2n) is 5.83. The molecule has 0 atom stereocenters. The average molecular weight is 388 g/mol. The number of nitro benzene ring substituents is 1. The fraction of sp³-hybridized carbons (Fsp3) is 0.350. The highest BCUT2D eigenvalue weighted by Crippen LogP contribution is 2.39. The van der Waals surface area contributed by atoms with Crippen LogP contribution in [0.4, 0.5) is 11.4 Å². The van der Waals surface area contributed by atoms with Crippen molar-refractivity contribution in [2.75, 3.05) is 25.1 Å². The highest BCUT2D eigenvalue weighted by molar-refractivity contribution is 6.06. The maximum atomic E-state index is 12.8. The summed E-state index contributed by atoms with van der Waals surface area (Å²) in [6.07, 6.45) is 0. The normalized spacial score (nSPS) is 10.3. The molecule has 0 bridgehead atoms. The number of anilines is 1. The number of benzene rings is 2. The molecule has 0 radical (unpaired) electrons. The van der Waals surface area contributed by atoms with E-state index in [0.29, 0.717) is 37.1 Å². The molecule has 0 aliphatic heterocycles. The van der Waals surface area contributed by atoms with Crippen molar-refractivity contribution in [3.05, 3.63) is 51.6 Å². The van der Waals surface area contributed by atoms with Crippen molar-refractivity contribution in [1.82, 2.24) is 0 Å². The number of ether oxygens (including phenoxy) is 3. The zero-order valence-electron chi connectivity index (χ0n) is 16.4. The minimum atomic E-state index is -0.530. The molecule has 2 aromatic carbocycles. The van der Waals surface area contributed by atoms with Crippen LogP contribution in [0, 0.1) is 17.0 Å². The molecule has 0 aliphatic rings. The quantitative estimate of drug-likeness (QED) is 0.506. The van der Waals surface area contributed by atoms with E-state index in [1.807, 2.05) is 20.8 Å². The Hall–Kier alpha value is -3.29. The number of carbonyl (C=O) groups is 1. The molecule has 0 saturated carbocycles. The Morgan fingerprint density at radius 2 is 1.57 bits per heavy atom. The maximum absolute atomic E-state index is 12.8. The molecule has 1 amide bonds. The summed E-state index contributed by atoms with van der Waals surface area (Å²) in [6, 6.07) is 7.68. The Morgan fingerprint density at radius 3 is 2.07 bits per heavy atom. The monoisotopic (exact) mass is 388 g/mol. The van der Waals surface area contributed by atoms with E-state index < -0.39 is 10.8 Å². The topological polar surface area (TPSA) is 99.9 Å². The first kappa shape index (κ1) is 21.0. The number of rotatable bonds is 9. The van der Waals surface area contributed by atoms with Gasteiger partial charge in [-0.2, -0.15) is 0 Å². The first-order valence-electron chi connectivity index (χ1n) is 9.04. The third kappa shape index (κ3) is 4.91. The fourth-order valence-corrected chi connectivity index (χ4v) is 2.61. The van der Waals surface area contributed by atoms with Crippen LogP contribution in [-0.2, 0) is 0 Å². The molecular formula is C20H24N2O6. The number of aryl methyl sites for hydroxylation is 1. The van der Waals surface area contributed by atoms with Gasteiger partial charge in [-0.25, -0.2) is 0 Å². The number of amides is 1. The third-order valence-electron chi connectivity index (χ3n) is 3.77. The van der Waals surface area contributed by atoms with E-state index in [9.17, 15) is 14.9 Å². The minimum absolute atomic E-state index is 0.116. The second-order valence-corrected chi connectivity index (χ2v) is 5.83. The Bertz CT molecular complexity index is 839. The van der Waals surface area contributed by atoms with Crippen LogP contribution in [0.2, 0.25) is 0 Å². The lowest BCUT2D eigenvalue weighted by Crippen LogP contribution is -2.14. The molecule has 0 heterocycles. The molecule has 1 N–H and O–H groups in total. The van der Waals surface area contributed by atoms with Gasteiger partial charge in [-0.3, -0.25) is 14.9 Å². The van der Waals surface area contributed by atoms with Gasteiger partial charge in [-0.15, -0.1) is 0 Å². The Kier molecular flexibility index (Phi) is 7.20. The van der Waals surface area contributed by atoms with Gasteiger partial charge < -0.3 is 19.5 Å². The molecule has 0 aliphatic carbocycles. The molecule has 8 heteroatoms. The summed E-state index contributed by atoms with van der Waals surface area (Å²) in [5, 5.41) is 13.9. The predicted octanol–water partition coefficient (Wildman–Crippen LogP) is 4.35. The minimum Gasteiger partial charge on any atom is -0.490 e. The number of nitro groups is 1. The lowest BCUT2D eigenvalue weighted by Gasteiger charge is -2.17. The summed E-state index contributed by atoms with van der Waals surface area (Å²) in [5.41, 5.74) is 0.910. The van der Waals surface area contributed by atoms with Gasteiger partial charge in [0.25, 0.3) is 11.6 Å².